The summed E-state index contributed by atoms with van der Waals surface area (Å²) in [5, 5.41) is 3.23. The molecule has 4 rings (SSSR count). The number of benzene rings is 1. The fraction of sp³-hybridized carbons (Fsp3) is 0.400. The van der Waals surface area contributed by atoms with Crippen LogP contribution < -0.4 is 16.6 Å². The summed E-state index contributed by atoms with van der Waals surface area (Å²) in [6.07, 6.45) is 2.85. The van der Waals surface area contributed by atoms with Crippen molar-refractivity contribution in [1.82, 2.24) is 19.0 Å². The largest absolute Gasteiger partial charge is 0.339 e. The fourth-order valence-corrected chi connectivity index (χ4v) is 4.60. The Labute approximate surface area is 207 Å². The maximum Gasteiger partial charge on any atom is 0.333 e. The number of nitrogens with zero attached hydrogens (tertiary/aromatic N) is 4. The van der Waals surface area contributed by atoms with Gasteiger partial charge in [-0.05, 0) is 63.8 Å². The Morgan fingerprint density at radius 3 is 2.46 bits per heavy atom. The van der Waals surface area contributed by atoms with E-state index in [0.717, 1.165) is 29.4 Å². The molecule has 3 aromatic rings. The van der Waals surface area contributed by atoms with Crippen LogP contribution in [0.2, 0.25) is 5.02 Å². The molecule has 2 aromatic heterocycles. The van der Waals surface area contributed by atoms with Crippen molar-refractivity contribution in [3.63, 3.8) is 0 Å². The summed E-state index contributed by atoms with van der Waals surface area (Å²) >= 11 is 6.05. The summed E-state index contributed by atoms with van der Waals surface area (Å²) in [7, 11) is 1.48. The highest BCUT2D eigenvalue weighted by atomic mass is 35.5. The van der Waals surface area contributed by atoms with Crippen LogP contribution >= 0.6 is 11.6 Å². The summed E-state index contributed by atoms with van der Waals surface area (Å²) < 4.78 is 2.09. The van der Waals surface area contributed by atoms with E-state index >= 15 is 0 Å². The Hall–Kier alpha value is -3.46. The first-order chi connectivity index (χ1) is 16.6. The van der Waals surface area contributed by atoms with E-state index in [9.17, 15) is 19.2 Å². The average molecular weight is 498 g/mol. The normalized spacial score (nSPS) is 14.7. The Morgan fingerprint density at radius 1 is 1.09 bits per heavy atom. The summed E-state index contributed by atoms with van der Waals surface area (Å²) in [4.78, 5) is 59.5. The van der Waals surface area contributed by atoms with Crippen molar-refractivity contribution in [2.24, 2.45) is 7.05 Å². The van der Waals surface area contributed by atoms with Crippen molar-refractivity contribution >= 4 is 40.1 Å². The van der Waals surface area contributed by atoms with E-state index in [-0.39, 0.29) is 22.5 Å². The Morgan fingerprint density at radius 2 is 1.77 bits per heavy atom. The zero-order valence-corrected chi connectivity index (χ0v) is 21.0. The van der Waals surface area contributed by atoms with E-state index in [2.05, 4.69) is 10.3 Å². The Bertz CT molecular complexity index is 1450. The Balaban J connectivity index is 1.84. The smallest absolute Gasteiger partial charge is 0.333 e. The number of amides is 2. The molecule has 9 nitrogen and oxygen atoms in total. The first kappa shape index (κ1) is 24.7. The van der Waals surface area contributed by atoms with Crippen LogP contribution in [-0.2, 0) is 11.8 Å². The third-order valence-corrected chi connectivity index (χ3v) is 6.70. The van der Waals surface area contributed by atoms with E-state index in [1.54, 1.807) is 36.1 Å². The van der Waals surface area contributed by atoms with Gasteiger partial charge in [-0.1, -0.05) is 17.7 Å². The molecule has 1 aliphatic rings. The molecule has 0 spiro atoms. The lowest BCUT2D eigenvalue weighted by molar-refractivity contribution is -0.119. The number of carbonyl (C=O) groups is 2. The minimum atomic E-state index is -1.15. The quantitative estimate of drug-likeness (QED) is 0.595. The third-order valence-electron chi connectivity index (χ3n) is 6.47. The SMILES string of the molecule is Cc1cc(C(=O)N2CCCCC2)c2c(=O)n([C@H](C)C(=O)Nc3cc(Cl)ccc3C)c(=O)n(C)c2n1. The number of aryl methyl sites for hydroxylation is 3. The molecule has 1 aromatic carbocycles. The minimum Gasteiger partial charge on any atom is -0.339 e. The lowest BCUT2D eigenvalue weighted by atomic mass is 10.1. The van der Waals surface area contributed by atoms with Gasteiger partial charge >= 0.3 is 5.69 Å². The highest BCUT2D eigenvalue weighted by Crippen LogP contribution is 2.22. The summed E-state index contributed by atoms with van der Waals surface area (Å²) in [6.45, 7) is 6.21. The second-order valence-electron chi connectivity index (χ2n) is 9.00. The number of pyridine rings is 1. The molecule has 1 saturated heterocycles. The molecule has 184 valence electrons. The average Bonchev–Trinajstić information content (AvgIpc) is 2.84. The molecule has 10 heteroatoms. The van der Waals surface area contributed by atoms with Crippen molar-refractivity contribution in [3.05, 3.63) is 66.9 Å². The van der Waals surface area contributed by atoms with Gasteiger partial charge in [-0.15, -0.1) is 0 Å². The molecule has 0 bridgehead atoms. The lowest BCUT2D eigenvalue weighted by Crippen LogP contribution is -2.45. The van der Waals surface area contributed by atoms with Gasteiger partial charge in [0.05, 0.1) is 10.9 Å². The number of fused-ring (bicyclic) bond motifs is 1. The van der Waals surface area contributed by atoms with Crippen LogP contribution in [0.1, 0.15) is 53.8 Å². The number of hydrogen-bond acceptors (Lipinski definition) is 5. The number of hydrogen-bond donors (Lipinski definition) is 1. The maximum atomic E-state index is 13.7. The van der Waals surface area contributed by atoms with Crippen LogP contribution in [0.3, 0.4) is 0 Å². The van der Waals surface area contributed by atoms with Crippen LogP contribution in [0.15, 0.2) is 33.9 Å². The summed E-state index contributed by atoms with van der Waals surface area (Å²) in [5.41, 5.74) is 0.689. The van der Waals surface area contributed by atoms with Crippen LogP contribution in [-0.4, -0.2) is 43.9 Å². The van der Waals surface area contributed by atoms with E-state index in [4.69, 9.17) is 11.6 Å². The van der Waals surface area contributed by atoms with Crippen molar-refractivity contribution in [3.8, 4) is 0 Å². The molecule has 0 saturated carbocycles. The van der Waals surface area contributed by atoms with E-state index < -0.39 is 23.2 Å². The van der Waals surface area contributed by atoms with Crippen LogP contribution in [0.25, 0.3) is 11.0 Å². The van der Waals surface area contributed by atoms with Gasteiger partial charge in [-0.25, -0.2) is 14.3 Å². The maximum absolute atomic E-state index is 13.7. The monoisotopic (exact) mass is 497 g/mol. The number of piperidine rings is 1. The van der Waals surface area contributed by atoms with Gasteiger partial charge in [0, 0.05) is 36.5 Å². The molecule has 0 aliphatic carbocycles. The molecule has 1 atom stereocenters. The third kappa shape index (κ3) is 4.60. The summed E-state index contributed by atoms with van der Waals surface area (Å²) in [6, 6.07) is 5.50. The number of aromatic nitrogens is 3. The highest BCUT2D eigenvalue weighted by Gasteiger charge is 2.28. The number of nitrogens with one attached hydrogen (secondary N) is 1. The molecule has 35 heavy (non-hydrogen) atoms. The van der Waals surface area contributed by atoms with Gasteiger partial charge < -0.3 is 10.2 Å². The van der Waals surface area contributed by atoms with Gasteiger partial charge in [0.2, 0.25) is 5.91 Å². The van der Waals surface area contributed by atoms with Crippen molar-refractivity contribution in [2.75, 3.05) is 18.4 Å². The second kappa shape index (κ2) is 9.65. The molecular weight excluding hydrogens is 470 g/mol. The molecular formula is C25H28ClN5O4. The number of rotatable bonds is 4. The number of likely N-dealkylation sites (tertiary alicyclic amines) is 1. The standard InChI is InChI=1S/C25H28ClN5O4/c1-14-8-9-17(26)13-19(14)28-22(32)16(3)31-24(34)20-18(23(33)30-10-6-5-7-11-30)12-15(2)27-21(20)29(4)25(31)35/h8-9,12-13,16H,5-7,10-11H2,1-4H3,(H,28,32)/t16-/m1/s1. The second-order valence-corrected chi connectivity index (χ2v) is 9.44. The van der Waals surface area contributed by atoms with E-state index in [0.29, 0.717) is 29.5 Å². The molecule has 1 fully saturated rings. The van der Waals surface area contributed by atoms with E-state index in [1.165, 1.54) is 18.5 Å². The van der Waals surface area contributed by atoms with Crippen LogP contribution in [0, 0.1) is 13.8 Å². The molecule has 0 unspecified atom stereocenters. The zero-order valence-electron chi connectivity index (χ0n) is 20.2. The van der Waals surface area contributed by atoms with Crippen LogP contribution in [0.5, 0.6) is 0 Å². The van der Waals surface area contributed by atoms with Crippen LogP contribution in [0.4, 0.5) is 5.69 Å². The van der Waals surface area contributed by atoms with Gasteiger partial charge in [-0.2, -0.15) is 0 Å². The number of carbonyl (C=O) groups excluding carboxylic acids is 2. The Kier molecular flexibility index (Phi) is 6.80. The predicted molar refractivity (Wildman–Crippen MR) is 135 cm³/mol. The minimum absolute atomic E-state index is 0.0341. The van der Waals surface area contributed by atoms with Crippen molar-refractivity contribution in [2.45, 2.75) is 46.1 Å². The van der Waals surface area contributed by atoms with Gasteiger partial charge in [0.25, 0.3) is 11.5 Å². The topological polar surface area (TPSA) is 106 Å². The van der Waals surface area contributed by atoms with Gasteiger partial charge in [0.1, 0.15) is 11.7 Å². The predicted octanol–water partition coefficient (Wildman–Crippen LogP) is 3.19. The number of halogens is 1. The van der Waals surface area contributed by atoms with Gasteiger partial charge in [0.15, 0.2) is 0 Å². The lowest BCUT2D eigenvalue weighted by Gasteiger charge is -2.27. The molecule has 3 heterocycles. The zero-order chi connectivity index (χ0) is 25.4. The molecule has 1 aliphatic heterocycles. The number of anilines is 1. The first-order valence-corrected chi connectivity index (χ1v) is 12.0. The summed E-state index contributed by atoms with van der Waals surface area (Å²) in [5.74, 6) is -0.827. The fourth-order valence-electron chi connectivity index (χ4n) is 4.43. The first-order valence-electron chi connectivity index (χ1n) is 11.6. The molecule has 2 amide bonds. The van der Waals surface area contributed by atoms with Crippen molar-refractivity contribution < 1.29 is 9.59 Å². The highest BCUT2D eigenvalue weighted by molar-refractivity contribution is 6.31. The van der Waals surface area contributed by atoms with Gasteiger partial charge in [-0.3, -0.25) is 19.0 Å². The molecule has 0 radical (unpaired) electrons. The van der Waals surface area contributed by atoms with Crippen molar-refractivity contribution in [1.29, 1.82) is 0 Å². The molecule has 1 N–H and O–H groups in total. The van der Waals surface area contributed by atoms with E-state index in [1.807, 2.05) is 6.92 Å².